The zero-order valence-electron chi connectivity index (χ0n) is 13.8. The van der Waals surface area contributed by atoms with Crippen LogP contribution in [-0.4, -0.2) is 24.3 Å². The van der Waals surface area contributed by atoms with Crippen LogP contribution in [0.25, 0.3) is 0 Å². The maximum absolute atomic E-state index is 12.0. The molecular weight excluding hydrogens is 306 g/mol. The molecule has 0 aliphatic rings. The minimum atomic E-state index is -0.498. The summed E-state index contributed by atoms with van der Waals surface area (Å²) in [4.78, 5) is 13.2. The number of aryl methyl sites for hydroxylation is 2. The summed E-state index contributed by atoms with van der Waals surface area (Å²) >= 11 is 1.73. The second kappa shape index (κ2) is 8.63. The quantitative estimate of drug-likeness (QED) is 0.617. The van der Waals surface area contributed by atoms with Crippen molar-refractivity contribution in [3.63, 3.8) is 0 Å². The molecule has 122 valence electrons. The molecule has 2 aromatic carbocycles. The largest absolute Gasteiger partial charge is 0.481 e. The third-order valence-electron chi connectivity index (χ3n) is 3.39. The number of amides is 1. The molecular formula is C19H23NO2S. The standard InChI is InChI=1S/C19H23NO2S/c1-14-4-8-17(9-5-14)22-16(3)19(21)20-12-13-23-18-10-6-15(2)7-11-18/h4-11,16H,12-13H2,1-3H3,(H,20,21)/t16-/m0/s1. The van der Waals surface area contributed by atoms with E-state index in [-0.39, 0.29) is 5.91 Å². The van der Waals surface area contributed by atoms with Gasteiger partial charge in [-0.2, -0.15) is 0 Å². The summed E-state index contributed by atoms with van der Waals surface area (Å²) in [5.74, 6) is 1.47. The fraction of sp³-hybridized carbons (Fsp3) is 0.316. The third kappa shape index (κ3) is 5.99. The molecule has 0 bridgehead atoms. The van der Waals surface area contributed by atoms with Crippen LogP contribution in [0.5, 0.6) is 5.75 Å². The zero-order valence-corrected chi connectivity index (χ0v) is 14.7. The van der Waals surface area contributed by atoms with Crippen molar-refractivity contribution >= 4 is 17.7 Å². The maximum atomic E-state index is 12.0. The number of nitrogens with one attached hydrogen (secondary N) is 1. The minimum Gasteiger partial charge on any atom is -0.481 e. The van der Waals surface area contributed by atoms with Crippen molar-refractivity contribution in [3.05, 3.63) is 59.7 Å². The van der Waals surface area contributed by atoms with Crippen molar-refractivity contribution in [2.45, 2.75) is 31.8 Å². The predicted octanol–water partition coefficient (Wildman–Crippen LogP) is 3.98. The summed E-state index contributed by atoms with van der Waals surface area (Å²) < 4.78 is 5.64. The van der Waals surface area contributed by atoms with Gasteiger partial charge in [0.05, 0.1) is 0 Å². The number of rotatable bonds is 7. The first-order chi connectivity index (χ1) is 11.0. The Hall–Kier alpha value is -1.94. The molecule has 2 rings (SSSR count). The molecule has 1 atom stereocenters. The molecule has 0 aliphatic carbocycles. The van der Waals surface area contributed by atoms with E-state index in [9.17, 15) is 4.79 Å². The zero-order chi connectivity index (χ0) is 16.7. The molecule has 2 aromatic rings. The van der Waals surface area contributed by atoms with E-state index >= 15 is 0 Å². The van der Waals surface area contributed by atoms with Gasteiger partial charge in [0.2, 0.25) is 0 Å². The van der Waals surface area contributed by atoms with Gasteiger partial charge in [0.15, 0.2) is 6.10 Å². The smallest absolute Gasteiger partial charge is 0.260 e. The van der Waals surface area contributed by atoms with Gasteiger partial charge in [0, 0.05) is 17.2 Å². The topological polar surface area (TPSA) is 38.3 Å². The van der Waals surface area contributed by atoms with Gasteiger partial charge in [-0.15, -0.1) is 11.8 Å². The fourth-order valence-corrected chi connectivity index (χ4v) is 2.76. The second-order valence-corrected chi connectivity index (χ2v) is 6.69. The normalized spacial score (nSPS) is 11.8. The van der Waals surface area contributed by atoms with E-state index in [0.717, 1.165) is 5.75 Å². The summed E-state index contributed by atoms with van der Waals surface area (Å²) in [6.07, 6.45) is -0.498. The number of hydrogen-bond acceptors (Lipinski definition) is 3. The number of thioether (sulfide) groups is 1. The second-order valence-electron chi connectivity index (χ2n) is 5.53. The summed E-state index contributed by atoms with van der Waals surface area (Å²) in [5.41, 5.74) is 2.42. The molecule has 4 heteroatoms. The lowest BCUT2D eigenvalue weighted by molar-refractivity contribution is -0.127. The van der Waals surface area contributed by atoms with Crippen molar-refractivity contribution in [3.8, 4) is 5.75 Å². The van der Waals surface area contributed by atoms with Gasteiger partial charge in [-0.05, 0) is 45.0 Å². The van der Waals surface area contributed by atoms with Crippen LogP contribution in [0.15, 0.2) is 53.4 Å². The Morgan fingerprint density at radius 3 is 2.22 bits per heavy atom. The molecule has 0 fully saturated rings. The van der Waals surface area contributed by atoms with Crippen LogP contribution in [0.3, 0.4) is 0 Å². The summed E-state index contributed by atoms with van der Waals surface area (Å²) in [5, 5.41) is 2.91. The number of carbonyl (C=O) groups excluding carboxylic acids is 1. The molecule has 1 N–H and O–H groups in total. The van der Waals surface area contributed by atoms with Crippen LogP contribution < -0.4 is 10.1 Å². The van der Waals surface area contributed by atoms with Crippen LogP contribution in [-0.2, 0) is 4.79 Å². The Labute approximate surface area is 142 Å². The average molecular weight is 329 g/mol. The molecule has 0 saturated carbocycles. The number of benzene rings is 2. The Bertz CT molecular complexity index is 623. The molecule has 0 unspecified atom stereocenters. The number of hydrogen-bond donors (Lipinski definition) is 1. The Kier molecular flexibility index (Phi) is 6.53. The maximum Gasteiger partial charge on any atom is 0.260 e. The molecule has 23 heavy (non-hydrogen) atoms. The summed E-state index contributed by atoms with van der Waals surface area (Å²) in [6.45, 7) is 6.48. The Balaban J connectivity index is 1.69. The molecule has 3 nitrogen and oxygen atoms in total. The minimum absolute atomic E-state index is 0.0879. The van der Waals surface area contributed by atoms with E-state index in [4.69, 9.17) is 4.74 Å². The van der Waals surface area contributed by atoms with E-state index in [1.54, 1.807) is 18.7 Å². The van der Waals surface area contributed by atoms with Gasteiger partial charge in [0.25, 0.3) is 5.91 Å². The highest BCUT2D eigenvalue weighted by Crippen LogP contribution is 2.17. The van der Waals surface area contributed by atoms with Crippen molar-refractivity contribution in [2.24, 2.45) is 0 Å². The number of carbonyl (C=O) groups is 1. The van der Waals surface area contributed by atoms with E-state index in [1.165, 1.54) is 16.0 Å². The van der Waals surface area contributed by atoms with Crippen molar-refractivity contribution < 1.29 is 9.53 Å². The van der Waals surface area contributed by atoms with Gasteiger partial charge in [-0.25, -0.2) is 0 Å². The van der Waals surface area contributed by atoms with Crippen LogP contribution in [0, 0.1) is 13.8 Å². The van der Waals surface area contributed by atoms with Gasteiger partial charge in [-0.3, -0.25) is 4.79 Å². The summed E-state index contributed by atoms with van der Waals surface area (Å²) in [6, 6.07) is 16.1. The lowest BCUT2D eigenvalue weighted by atomic mass is 10.2. The average Bonchev–Trinajstić information content (AvgIpc) is 2.55. The van der Waals surface area contributed by atoms with Crippen LogP contribution >= 0.6 is 11.8 Å². The van der Waals surface area contributed by atoms with Crippen molar-refractivity contribution in [1.29, 1.82) is 0 Å². The summed E-state index contributed by atoms with van der Waals surface area (Å²) in [7, 11) is 0. The highest BCUT2D eigenvalue weighted by atomic mass is 32.2. The molecule has 1 amide bonds. The molecule has 0 aliphatic heterocycles. The van der Waals surface area contributed by atoms with Gasteiger partial charge in [0.1, 0.15) is 5.75 Å². The van der Waals surface area contributed by atoms with Crippen molar-refractivity contribution in [1.82, 2.24) is 5.32 Å². The predicted molar refractivity (Wildman–Crippen MR) is 96.2 cm³/mol. The first-order valence-electron chi connectivity index (χ1n) is 7.75. The SMILES string of the molecule is Cc1ccc(O[C@@H](C)C(=O)NCCSc2ccc(C)cc2)cc1. The molecule has 0 spiro atoms. The first kappa shape index (κ1) is 17.4. The van der Waals surface area contributed by atoms with E-state index < -0.39 is 6.10 Å². The third-order valence-corrected chi connectivity index (χ3v) is 4.41. The van der Waals surface area contributed by atoms with Crippen LogP contribution in [0.4, 0.5) is 0 Å². The Morgan fingerprint density at radius 1 is 1.04 bits per heavy atom. The first-order valence-corrected chi connectivity index (χ1v) is 8.73. The van der Waals surface area contributed by atoms with Gasteiger partial charge >= 0.3 is 0 Å². The Morgan fingerprint density at radius 2 is 1.61 bits per heavy atom. The number of ether oxygens (including phenoxy) is 1. The van der Waals surface area contributed by atoms with Crippen molar-refractivity contribution in [2.75, 3.05) is 12.3 Å². The monoisotopic (exact) mass is 329 g/mol. The lowest BCUT2D eigenvalue weighted by Crippen LogP contribution is -2.37. The van der Waals surface area contributed by atoms with Gasteiger partial charge in [-0.1, -0.05) is 35.4 Å². The lowest BCUT2D eigenvalue weighted by Gasteiger charge is -2.14. The van der Waals surface area contributed by atoms with Gasteiger partial charge < -0.3 is 10.1 Å². The molecule has 0 heterocycles. The van der Waals surface area contributed by atoms with Crippen LogP contribution in [0.2, 0.25) is 0 Å². The van der Waals surface area contributed by atoms with E-state index in [1.807, 2.05) is 31.2 Å². The molecule has 0 aromatic heterocycles. The molecule has 0 saturated heterocycles. The van der Waals surface area contributed by atoms with E-state index in [2.05, 4.69) is 36.5 Å². The highest BCUT2D eigenvalue weighted by Gasteiger charge is 2.13. The fourth-order valence-electron chi connectivity index (χ4n) is 2.00. The highest BCUT2D eigenvalue weighted by molar-refractivity contribution is 7.99. The molecule has 0 radical (unpaired) electrons. The van der Waals surface area contributed by atoms with Crippen LogP contribution in [0.1, 0.15) is 18.1 Å². The van der Waals surface area contributed by atoms with E-state index in [0.29, 0.717) is 12.3 Å².